The Morgan fingerprint density at radius 1 is 1.35 bits per heavy atom. The Morgan fingerprint density at radius 2 is 1.94 bits per heavy atom. The summed E-state index contributed by atoms with van der Waals surface area (Å²) >= 11 is 0.826. The third-order valence-electron chi connectivity index (χ3n) is 1.80. The summed E-state index contributed by atoms with van der Waals surface area (Å²) in [7, 11) is 0. The molecule has 0 amide bonds. The standard InChI is InChI=1S/C9H6F4O3S/c1-17-5-3-2-4(6(10)7(5)11)9(12,13)16-8(14)15/h2-3H,1H3,(H,14,15). The molecule has 0 aliphatic carbocycles. The van der Waals surface area contributed by atoms with E-state index in [1.54, 1.807) is 0 Å². The van der Waals surface area contributed by atoms with Crippen LogP contribution in [0.5, 0.6) is 0 Å². The molecule has 0 aliphatic heterocycles. The van der Waals surface area contributed by atoms with Gasteiger partial charge in [-0.15, -0.1) is 11.8 Å². The van der Waals surface area contributed by atoms with Crippen molar-refractivity contribution in [2.45, 2.75) is 11.0 Å². The third-order valence-corrected chi connectivity index (χ3v) is 2.55. The summed E-state index contributed by atoms with van der Waals surface area (Å²) in [6.07, 6.45) is -5.29. The second kappa shape index (κ2) is 4.82. The van der Waals surface area contributed by atoms with Gasteiger partial charge in [-0.25, -0.2) is 13.6 Å². The second-order valence-corrected chi connectivity index (χ2v) is 3.68. The lowest BCUT2D eigenvalue weighted by molar-refractivity contribution is -0.219. The average molecular weight is 270 g/mol. The molecule has 0 saturated carbocycles. The molecule has 0 unspecified atom stereocenters. The summed E-state index contributed by atoms with van der Waals surface area (Å²) < 4.78 is 55.8. The molecule has 1 aromatic rings. The van der Waals surface area contributed by atoms with Gasteiger partial charge in [0.05, 0.1) is 0 Å². The number of carbonyl (C=O) groups is 1. The molecule has 1 aromatic carbocycles. The maximum atomic E-state index is 13.3. The SMILES string of the molecule is CSc1ccc(C(F)(F)OC(=O)O)c(F)c1F. The minimum Gasteiger partial charge on any atom is -0.450 e. The van der Waals surface area contributed by atoms with E-state index >= 15 is 0 Å². The Labute approximate surface area is 97.4 Å². The summed E-state index contributed by atoms with van der Waals surface area (Å²) in [5.41, 5.74) is -1.46. The van der Waals surface area contributed by atoms with Gasteiger partial charge >= 0.3 is 12.3 Å². The van der Waals surface area contributed by atoms with Crippen molar-refractivity contribution >= 4 is 17.9 Å². The van der Waals surface area contributed by atoms with E-state index in [1.165, 1.54) is 6.26 Å². The van der Waals surface area contributed by atoms with Crippen molar-refractivity contribution in [2.24, 2.45) is 0 Å². The smallest absolute Gasteiger partial charge is 0.450 e. The van der Waals surface area contributed by atoms with E-state index in [9.17, 15) is 22.4 Å². The van der Waals surface area contributed by atoms with Gasteiger partial charge in [-0.1, -0.05) is 0 Å². The van der Waals surface area contributed by atoms with Gasteiger partial charge < -0.3 is 9.84 Å². The zero-order chi connectivity index (χ0) is 13.2. The van der Waals surface area contributed by atoms with Crippen LogP contribution >= 0.6 is 11.8 Å². The molecule has 1 N–H and O–H groups in total. The Hall–Kier alpha value is -1.44. The van der Waals surface area contributed by atoms with E-state index in [0.717, 1.165) is 17.8 Å². The highest BCUT2D eigenvalue weighted by molar-refractivity contribution is 7.98. The van der Waals surface area contributed by atoms with Gasteiger partial charge in [0, 0.05) is 4.90 Å². The number of ether oxygens (including phenoxy) is 1. The molecule has 0 spiro atoms. The largest absolute Gasteiger partial charge is 0.510 e. The first kappa shape index (κ1) is 13.6. The maximum absolute atomic E-state index is 13.3. The van der Waals surface area contributed by atoms with Gasteiger partial charge in [0.2, 0.25) is 0 Å². The number of alkyl halides is 2. The lowest BCUT2D eigenvalue weighted by atomic mass is 10.2. The first-order valence-electron chi connectivity index (χ1n) is 4.11. The minimum absolute atomic E-state index is 0.169. The Bertz CT molecular complexity index is 450. The van der Waals surface area contributed by atoms with Crippen molar-refractivity contribution in [1.29, 1.82) is 0 Å². The van der Waals surface area contributed by atoms with Gasteiger partial charge in [-0.3, -0.25) is 0 Å². The van der Waals surface area contributed by atoms with E-state index in [2.05, 4.69) is 4.74 Å². The molecule has 0 heterocycles. The summed E-state index contributed by atoms with van der Waals surface area (Å²) in [6, 6.07) is 1.49. The van der Waals surface area contributed by atoms with E-state index < -0.39 is 29.5 Å². The lowest BCUT2D eigenvalue weighted by Gasteiger charge is -2.16. The topological polar surface area (TPSA) is 46.5 Å². The summed E-state index contributed by atoms with van der Waals surface area (Å²) in [6.45, 7) is 0. The maximum Gasteiger partial charge on any atom is 0.510 e. The highest BCUT2D eigenvalue weighted by Crippen LogP contribution is 2.34. The highest BCUT2D eigenvalue weighted by atomic mass is 32.2. The molecular formula is C9H6F4O3S. The van der Waals surface area contributed by atoms with Crippen LogP contribution in [-0.4, -0.2) is 17.5 Å². The van der Waals surface area contributed by atoms with Crippen molar-refractivity contribution in [3.8, 4) is 0 Å². The highest BCUT2D eigenvalue weighted by Gasteiger charge is 2.41. The van der Waals surface area contributed by atoms with Crippen LogP contribution in [0.3, 0.4) is 0 Å². The zero-order valence-electron chi connectivity index (χ0n) is 8.34. The van der Waals surface area contributed by atoms with Crippen molar-refractivity contribution in [2.75, 3.05) is 6.26 Å². The number of rotatable bonds is 3. The minimum atomic E-state index is -4.44. The molecular weight excluding hydrogens is 264 g/mol. The molecule has 0 aromatic heterocycles. The van der Waals surface area contributed by atoms with E-state index in [0.29, 0.717) is 6.07 Å². The van der Waals surface area contributed by atoms with Gasteiger partial charge in [-0.05, 0) is 18.4 Å². The summed E-state index contributed by atoms with van der Waals surface area (Å²) in [4.78, 5) is 9.82. The van der Waals surface area contributed by atoms with Crippen molar-refractivity contribution in [1.82, 2.24) is 0 Å². The average Bonchev–Trinajstić information content (AvgIpc) is 2.19. The molecule has 0 radical (unpaired) electrons. The fourth-order valence-corrected chi connectivity index (χ4v) is 1.55. The number of hydrogen-bond acceptors (Lipinski definition) is 3. The quantitative estimate of drug-likeness (QED) is 0.519. The molecule has 8 heteroatoms. The van der Waals surface area contributed by atoms with Gasteiger partial charge in [0.25, 0.3) is 0 Å². The van der Waals surface area contributed by atoms with Crippen LogP contribution in [0.25, 0.3) is 0 Å². The first-order chi connectivity index (χ1) is 7.79. The van der Waals surface area contributed by atoms with E-state index in [4.69, 9.17) is 5.11 Å². The molecule has 17 heavy (non-hydrogen) atoms. The van der Waals surface area contributed by atoms with Crippen LogP contribution in [0.4, 0.5) is 22.4 Å². The van der Waals surface area contributed by atoms with Crippen LogP contribution in [0, 0.1) is 11.6 Å². The molecule has 0 bridgehead atoms. The first-order valence-corrected chi connectivity index (χ1v) is 5.34. The molecule has 0 fully saturated rings. The predicted molar refractivity (Wildman–Crippen MR) is 51.1 cm³/mol. The van der Waals surface area contributed by atoms with E-state index in [1.807, 2.05) is 0 Å². The Balaban J connectivity index is 3.24. The molecule has 1 rings (SSSR count). The van der Waals surface area contributed by atoms with Crippen LogP contribution in [0.2, 0.25) is 0 Å². The Morgan fingerprint density at radius 3 is 2.41 bits per heavy atom. The normalized spacial score (nSPS) is 11.4. The molecule has 0 aliphatic rings. The zero-order valence-corrected chi connectivity index (χ0v) is 9.16. The van der Waals surface area contributed by atoms with Crippen molar-refractivity contribution < 1.29 is 32.2 Å². The summed E-state index contributed by atoms with van der Waals surface area (Å²) in [5, 5.41) is 8.05. The lowest BCUT2D eigenvalue weighted by Crippen LogP contribution is -2.23. The third kappa shape index (κ3) is 2.82. The second-order valence-electron chi connectivity index (χ2n) is 2.83. The monoisotopic (exact) mass is 270 g/mol. The molecule has 0 saturated heterocycles. The van der Waals surface area contributed by atoms with Gasteiger partial charge in [0.15, 0.2) is 11.6 Å². The predicted octanol–water partition coefficient (Wildman–Crippen LogP) is 3.43. The van der Waals surface area contributed by atoms with Crippen LogP contribution in [-0.2, 0) is 10.8 Å². The molecule has 0 atom stereocenters. The number of halogens is 4. The molecule has 94 valence electrons. The van der Waals surface area contributed by atoms with Gasteiger partial charge in [-0.2, -0.15) is 8.78 Å². The van der Waals surface area contributed by atoms with E-state index in [-0.39, 0.29) is 4.90 Å². The number of hydrogen-bond donors (Lipinski definition) is 1. The van der Waals surface area contributed by atoms with Gasteiger partial charge in [0.1, 0.15) is 5.56 Å². The number of carboxylic acid groups (broad SMARTS) is 1. The Kier molecular flexibility index (Phi) is 3.87. The van der Waals surface area contributed by atoms with Crippen LogP contribution in [0.1, 0.15) is 5.56 Å². The van der Waals surface area contributed by atoms with Crippen LogP contribution < -0.4 is 0 Å². The molecule has 3 nitrogen and oxygen atoms in total. The number of benzene rings is 1. The van der Waals surface area contributed by atoms with Crippen molar-refractivity contribution in [3.63, 3.8) is 0 Å². The fourth-order valence-electron chi connectivity index (χ4n) is 1.08. The van der Waals surface area contributed by atoms with Crippen LogP contribution in [0.15, 0.2) is 17.0 Å². The fraction of sp³-hybridized carbons (Fsp3) is 0.222. The summed E-state index contributed by atoms with van der Waals surface area (Å²) in [5.74, 6) is -3.30. The number of thioether (sulfide) groups is 1. The van der Waals surface area contributed by atoms with Crippen molar-refractivity contribution in [3.05, 3.63) is 29.3 Å².